The molecule has 2 N–H and O–H groups in total. The average Bonchev–Trinajstić information content (AvgIpc) is 2.39. The van der Waals surface area contributed by atoms with Crippen molar-refractivity contribution in [2.24, 2.45) is 5.73 Å². The van der Waals surface area contributed by atoms with Crippen LogP contribution in [0.2, 0.25) is 0 Å². The van der Waals surface area contributed by atoms with Crippen LogP contribution in [0.4, 0.5) is 8.78 Å². The number of nitrogens with two attached hydrogens (primary N) is 1. The molecule has 17 heavy (non-hydrogen) atoms. The quantitative estimate of drug-likeness (QED) is 0.795. The van der Waals surface area contributed by atoms with E-state index in [0.717, 1.165) is 0 Å². The van der Waals surface area contributed by atoms with Crippen molar-refractivity contribution < 1.29 is 18.1 Å². The van der Waals surface area contributed by atoms with Crippen molar-refractivity contribution in [3.8, 4) is 0 Å². The molecular formula is C11H15F2NO2S. The number of halogens is 2. The predicted octanol–water partition coefficient (Wildman–Crippen LogP) is 1.71. The van der Waals surface area contributed by atoms with Crippen molar-refractivity contribution in [1.82, 2.24) is 0 Å². The van der Waals surface area contributed by atoms with Gasteiger partial charge < -0.3 is 15.0 Å². The molecule has 0 heterocycles. The van der Waals surface area contributed by atoms with Crippen molar-refractivity contribution >= 4 is 11.2 Å². The molecule has 1 aromatic rings. The third-order valence-corrected chi connectivity index (χ3v) is 3.39. The molecule has 0 radical (unpaired) electrons. The summed E-state index contributed by atoms with van der Waals surface area (Å²) in [5.41, 5.74) is 6.24. The molecule has 0 aliphatic rings. The van der Waals surface area contributed by atoms with Gasteiger partial charge in [-0.15, -0.1) is 0 Å². The van der Waals surface area contributed by atoms with E-state index in [1.54, 1.807) is 12.1 Å². The van der Waals surface area contributed by atoms with Crippen LogP contribution in [-0.2, 0) is 15.9 Å². The Balaban J connectivity index is 2.85. The van der Waals surface area contributed by atoms with Crippen molar-refractivity contribution in [1.29, 1.82) is 0 Å². The number of methoxy groups -OCH3 is 1. The van der Waals surface area contributed by atoms with Gasteiger partial charge in [0, 0.05) is 18.3 Å². The summed E-state index contributed by atoms with van der Waals surface area (Å²) in [5.74, 6) is 0. The standard InChI is InChI=1S/C11H15F2NO2S/c1-16-11(10(14)6-12)8-2-4-9(5-3-8)17(15)7-13/h2-5,10-11H,6-7,14H2,1H3/t10-,11-,17?/m1/s1. The zero-order chi connectivity index (χ0) is 12.8. The van der Waals surface area contributed by atoms with E-state index in [2.05, 4.69) is 0 Å². The molecule has 96 valence electrons. The van der Waals surface area contributed by atoms with Gasteiger partial charge in [-0.1, -0.05) is 12.1 Å². The summed E-state index contributed by atoms with van der Waals surface area (Å²) < 4.78 is 40.9. The van der Waals surface area contributed by atoms with Gasteiger partial charge in [0.25, 0.3) is 0 Å². The Labute approximate surface area is 102 Å². The maximum absolute atomic E-state index is 12.5. The highest BCUT2D eigenvalue weighted by Gasteiger charge is 2.20. The van der Waals surface area contributed by atoms with Gasteiger partial charge in [0.2, 0.25) is 6.01 Å². The lowest BCUT2D eigenvalue weighted by molar-refractivity contribution is 0.0720. The van der Waals surface area contributed by atoms with E-state index >= 15 is 0 Å². The molecule has 1 rings (SSSR count). The Bertz CT molecular complexity index is 337. The van der Waals surface area contributed by atoms with Gasteiger partial charge in [-0.05, 0) is 17.7 Å². The number of benzene rings is 1. The summed E-state index contributed by atoms with van der Waals surface area (Å²) in [6, 6.07) is 4.62. The summed E-state index contributed by atoms with van der Waals surface area (Å²) in [6.45, 7) is -0.698. The summed E-state index contributed by atoms with van der Waals surface area (Å²) in [6.07, 6.45) is -0.562. The molecule has 1 unspecified atom stereocenters. The molecule has 3 nitrogen and oxygen atoms in total. The average molecular weight is 263 g/mol. The van der Waals surface area contributed by atoms with Crippen molar-refractivity contribution in [3.05, 3.63) is 29.8 Å². The van der Waals surface area contributed by atoms with E-state index < -0.39 is 36.0 Å². The number of alkyl halides is 2. The molecule has 0 saturated heterocycles. The second-order valence-electron chi connectivity index (χ2n) is 3.50. The lowest BCUT2D eigenvalue weighted by Crippen LogP contribution is -2.31. The van der Waals surface area contributed by atoms with Crippen LogP contribution in [0.5, 0.6) is 0 Å². The molecule has 0 aromatic heterocycles. The zero-order valence-electron chi connectivity index (χ0n) is 9.44. The van der Waals surface area contributed by atoms with Gasteiger partial charge in [0.05, 0.1) is 12.1 Å². The van der Waals surface area contributed by atoms with E-state index in [1.165, 1.54) is 19.2 Å². The van der Waals surface area contributed by atoms with Crippen LogP contribution in [0, 0.1) is 0 Å². The molecule has 1 aromatic carbocycles. The fourth-order valence-corrected chi connectivity index (χ4v) is 2.08. The molecule has 0 aliphatic carbocycles. The highest BCUT2D eigenvalue weighted by atomic mass is 32.2. The number of rotatable bonds is 6. The maximum atomic E-state index is 12.5. The first kappa shape index (κ1) is 14.4. The lowest BCUT2D eigenvalue weighted by Gasteiger charge is -2.20. The summed E-state index contributed by atoms with van der Waals surface area (Å²) in [7, 11) is 1.44. The molecular weight excluding hydrogens is 248 g/mol. The Morgan fingerprint density at radius 1 is 1.35 bits per heavy atom. The molecule has 0 fully saturated rings. The van der Waals surface area contributed by atoms with E-state index in [1.807, 2.05) is 0 Å². The van der Waals surface area contributed by atoms with E-state index in [-0.39, 0.29) is 0 Å². The largest absolute Gasteiger partial charge is 0.609 e. The van der Waals surface area contributed by atoms with Gasteiger partial charge >= 0.3 is 0 Å². The second kappa shape index (κ2) is 6.90. The molecule has 0 spiro atoms. The van der Waals surface area contributed by atoms with Crippen LogP contribution in [0.25, 0.3) is 0 Å². The third kappa shape index (κ3) is 3.64. The molecule has 0 saturated carbocycles. The first-order valence-electron chi connectivity index (χ1n) is 5.02. The lowest BCUT2D eigenvalue weighted by atomic mass is 10.0. The highest BCUT2D eigenvalue weighted by Crippen LogP contribution is 2.22. The van der Waals surface area contributed by atoms with Gasteiger partial charge in [-0.2, -0.15) is 4.39 Å². The minimum atomic E-state index is -1.64. The molecule has 0 bridgehead atoms. The van der Waals surface area contributed by atoms with Crippen LogP contribution >= 0.6 is 0 Å². The molecule has 0 aliphatic heterocycles. The van der Waals surface area contributed by atoms with Crippen LogP contribution in [0.3, 0.4) is 0 Å². The van der Waals surface area contributed by atoms with E-state index in [4.69, 9.17) is 10.5 Å². The first-order valence-corrected chi connectivity index (χ1v) is 6.34. The number of ether oxygens (including phenoxy) is 1. The van der Waals surface area contributed by atoms with Crippen LogP contribution in [-0.4, -0.2) is 30.4 Å². The summed E-state index contributed by atoms with van der Waals surface area (Å²) in [5, 5.41) is 0. The van der Waals surface area contributed by atoms with Gasteiger partial charge in [-0.25, -0.2) is 4.39 Å². The minimum Gasteiger partial charge on any atom is -0.609 e. The van der Waals surface area contributed by atoms with E-state index in [9.17, 15) is 13.3 Å². The third-order valence-electron chi connectivity index (χ3n) is 2.39. The van der Waals surface area contributed by atoms with Crippen molar-refractivity contribution in [2.75, 3.05) is 19.8 Å². The van der Waals surface area contributed by atoms with Crippen molar-refractivity contribution in [2.45, 2.75) is 17.0 Å². The normalized spacial score (nSPS) is 16.5. The van der Waals surface area contributed by atoms with Crippen molar-refractivity contribution in [3.63, 3.8) is 0 Å². The highest BCUT2D eigenvalue weighted by molar-refractivity contribution is 7.91. The Morgan fingerprint density at radius 2 is 1.94 bits per heavy atom. The van der Waals surface area contributed by atoms with Gasteiger partial charge in [-0.3, -0.25) is 0 Å². The van der Waals surface area contributed by atoms with Gasteiger partial charge in [0.1, 0.15) is 6.67 Å². The fourth-order valence-electron chi connectivity index (χ4n) is 1.51. The van der Waals surface area contributed by atoms with Crippen LogP contribution in [0.1, 0.15) is 11.7 Å². The van der Waals surface area contributed by atoms with Crippen LogP contribution < -0.4 is 5.73 Å². The molecule has 0 amide bonds. The number of hydrogen-bond donors (Lipinski definition) is 1. The van der Waals surface area contributed by atoms with Gasteiger partial charge in [0.15, 0.2) is 4.90 Å². The summed E-state index contributed by atoms with van der Waals surface area (Å²) >= 11 is -1.64. The molecule has 3 atom stereocenters. The number of hydrogen-bond acceptors (Lipinski definition) is 3. The Hall–Kier alpha value is -0.690. The zero-order valence-corrected chi connectivity index (χ0v) is 10.3. The Morgan fingerprint density at radius 3 is 2.35 bits per heavy atom. The Kier molecular flexibility index (Phi) is 5.84. The topological polar surface area (TPSA) is 58.3 Å². The predicted molar refractivity (Wildman–Crippen MR) is 62.5 cm³/mol. The monoisotopic (exact) mass is 263 g/mol. The van der Waals surface area contributed by atoms with Crippen LogP contribution in [0.15, 0.2) is 29.2 Å². The maximum Gasteiger partial charge on any atom is 0.248 e. The minimum absolute atomic E-state index is 0.389. The first-order chi connectivity index (χ1) is 8.13. The molecule has 6 heteroatoms. The fraction of sp³-hybridized carbons (Fsp3) is 0.455. The smallest absolute Gasteiger partial charge is 0.248 e. The van der Waals surface area contributed by atoms with E-state index in [0.29, 0.717) is 10.5 Å². The SMILES string of the molecule is CO[C@H](c1ccc([S+]([O-])CF)cc1)[C@H](N)CF. The second-order valence-corrected chi connectivity index (χ2v) is 4.88. The summed E-state index contributed by atoms with van der Waals surface area (Å²) in [4.78, 5) is 0.389.